The highest BCUT2D eigenvalue weighted by molar-refractivity contribution is 8.04. The molecule has 0 unspecified atom stereocenters. The first-order valence-electron chi connectivity index (χ1n) is 11.4. The first-order chi connectivity index (χ1) is 16.2. The van der Waals surface area contributed by atoms with Crippen molar-refractivity contribution < 1.29 is 9.59 Å². The van der Waals surface area contributed by atoms with E-state index < -0.39 is 0 Å². The highest BCUT2D eigenvalue weighted by Crippen LogP contribution is 2.38. The zero-order valence-corrected chi connectivity index (χ0v) is 19.2. The molecule has 33 heavy (non-hydrogen) atoms. The maximum Gasteiger partial charge on any atom is 0.262 e. The second-order valence-electron chi connectivity index (χ2n) is 8.61. The molecule has 1 saturated heterocycles. The largest absolute Gasteiger partial charge is 0.339 e. The van der Waals surface area contributed by atoms with E-state index in [1.807, 2.05) is 65.6 Å². The van der Waals surface area contributed by atoms with Gasteiger partial charge in [0.15, 0.2) is 0 Å². The molecular formula is C28H26N2O2S. The summed E-state index contributed by atoms with van der Waals surface area (Å²) in [6, 6.07) is 25.9. The van der Waals surface area contributed by atoms with Crippen LogP contribution in [0.4, 0.5) is 5.69 Å². The summed E-state index contributed by atoms with van der Waals surface area (Å²) in [5.41, 5.74) is 3.83. The van der Waals surface area contributed by atoms with Crippen LogP contribution in [-0.4, -0.2) is 29.8 Å². The molecule has 2 amide bonds. The van der Waals surface area contributed by atoms with Crippen molar-refractivity contribution in [1.29, 1.82) is 0 Å². The Kier molecular flexibility index (Phi) is 6.31. The maximum atomic E-state index is 13.0. The van der Waals surface area contributed by atoms with Gasteiger partial charge in [0, 0.05) is 23.5 Å². The van der Waals surface area contributed by atoms with Crippen molar-refractivity contribution in [2.45, 2.75) is 24.2 Å². The van der Waals surface area contributed by atoms with Crippen LogP contribution in [-0.2, 0) is 11.2 Å². The predicted molar refractivity (Wildman–Crippen MR) is 134 cm³/mol. The molecular weight excluding hydrogens is 428 g/mol. The topological polar surface area (TPSA) is 49.4 Å². The molecule has 5 rings (SSSR count). The lowest BCUT2D eigenvalue weighted by Crippen LogP contribution is -2.38. The molecule has 166 valence electrons. The molecule has 5 heteroatoms. The molecule has 1 N–H and O–H groups in total. The third-order valence-electron chi connectivity index (χ3n) is 6.30. The number of carbonyl (C=O) groups is 2. The minimum absolute atomic E-state index is 0.0890. The van der Waals surface area contributed by atoms with Gasteiger partial charge in [-0.3, -0.25) is 9.59 Å². The van der Waals surface area contributed by atoms with Crippen LogP contribution in [0.3, 0.4) is 0 Å². The number of nitrogens with one attached hydrogen (secondary N) is 1. The predicted octanol–water partition coefficient (Wildman–Crippen LogP) is 5.87. The van der Waals surface area contributed by atoms with Crippen LogP contribution in [0.2, 0.25) is 0 Å². The monoisotopic (exact) mass is 454 g/mol. The second kappa shape index (κ2) is 9.67. The van der Waals surface area contributed by atoms with E-state index in [9.17, 15) is 9.59 Å². The summed E-state index contributed by atoms with van der Waals surface area (Å²) >= 11 is 1.47. The molecule has 1 fully saturated rings. The molecule has 3 aromatic carbocycles. The standard InChI is InChI=1S/C28H26N2O2S/c31-27-26(33-25-9-5-4-8-24(25)29-27)19-21-10-12-23(13-11-21)28(32)30-16-14-22(15-17-30)18-20-6-2-1-3-7-20/h1-13,19,22H,14-18H2,(H,29,31)/b26-19+. The van der Waals surface area contributed by atoms with E-state index in [1.54, 1.807) is 0 Å². The van der Waals surface area contributed by atoms with Gasteiger partial charge in [-0.1, -0.05) is 66.4 Å². The molecule has 0 aromatic heterocycles. The minimum Gasteiger partial charge on any atom is -0.339 e. The molecule has 2 heterocycles. The highest BCUT2D eigenvalue weighted by Gasteiger charge is 2.24. The summed E-state index contributed by atoms with van der Waals surface area (Å²) in [6.07, 6.45) is 5.04. The Balaban J connectivity index is 1.20. The number of anilines is 1. The van der Waals surface area contributed by atoms with Gasteiger partial charge < -0.3 is 10.2 Å². The van der Waals surface area contributed by atoms with Gasteiger partial charge in [0.2, 0.25) is 0 Å². The van der Waals surface area contributed by atoms with Crippen molar-refractivity contribution >= 4 is 35.3 Å². The fourth-order valence-electron chi connectivity index (χ4n) is 4.45. The lowest BCUT2D eigenvalue weighted by atomic mass is 9.90. The summed E-state index contributed by atoms with van der Waals surface area (Å²) in [7, 11) is 0. The quantitative estimate of drug-likeness (QED) is 0.502. The summed E-state index contributed by atoms with van der Waals surface area (Å²) in [4.78, 5) is 29.1. The van der Waals surface area contributed by atoms with Gasteiger partial charge in [0.25, 0.3) is 11.8 Å². The van der Waals surface area contributed by atoms with E-state index >= 15 is 0 Å². The fourth-order valence-corrected chi connectivity index (χ4v) is 5.40. The van der Waals surface area contributed by atoms with Gasteiger partial charge in [-0.2, -0.15) is 0 Å². The van der Waals surface area contributed by atoms with Crippen molar-refractivity contribution in [3.8, 4) is 0 Å². The van der Waals surface area contributed by atoms with Crippen molar-refractivity contribution in [2.24, 2.45) is 5.92 Å². The van der Waals surface area contributed by atoms with Gasteiger partial charge in [-0.05, 0) is 66.6 Å². The van der Waals surface area contributed by atoms with E-state index in [0.717, 1.165) is 48.5 Å². The van der Waals surface area contributed by atoms with Gasteiger partial charge in [-0.15, -0.1) is 0 Å². The van der Waals surface area contributed by atoms with Crippen molar-refractivity contribution in [3.05, 3.63) is 100 Å². The van der Waals surface area contributed by atoms with Crippen LogP contribution in [0.1, 0.15) is 34.3 Å². The number of likely N-dealkylation sites (tertiary alicyclic amines) is 1. The molecule has 4 nitrogen and oxygen atoms in total. The Morgan fingerprint density at radius 1 is 0.939 bits per heavy atom. The third-order valence-corrected chi connectivity index (χ3v) is 7.40. The van der Waals surface area contributed by atoms with E-state index in [4.69, 9.17) is 0 Å². The maximum absolute atomic E-state index is 13.0. The van der Waals surface area contributed by atoms with Crippen LogP contribution >= 0.6 is 11.8 Å². The first kappa shape index (κ1) is 21.5. The normalized spacial score (nSPS) is 17.5. The lowest BCUT2D eigenvalue weighted by molar-refractivity contribution is -0.112. The number of piperidine rings is 1. The Labute approximate surface area is 198 Å². The fraction of sp³-hybridized carbons (Fsp3) is 0.214. The molecule has 0 saturated carbocycles. The number of benzene rings is 3. The average Bonchev–Trinajstić information content (AvgIpc) is 2.86. The Hall–Kier alpha value is -3.31. The molecule has 2 aliphatic heterocycles. The molecule has 0 aliphatic carbocycles. The van der Waals surface area contributed by atoms with Crippen LogP contribution in [0.25, 0.3) is 6.08 Å². The van der Waals surface area contributed by atoms with Crippen LogP contribution in [0.15, 0.2) is 88.7 Å². The van der Waals surface area contributed by atoms with Gasteiger partial charge in [0.05, 0.1) is 10.6 Å². The zero-order chi connectivity index (χ0) is 22.6. The van der Waals surface area contributed by atoms with Crippen LogP contribution in [0.5, 0.6) is 0 Å². The smallest absolute Gasteiger partial charge is 0.262 e. The number of nitrogens with zero attached hydrogens (tertiary/aromatic N) is 1. The Bertz CT molecular complexity index is 1180. The van der Waals surface area contributed by atoms with E-state index in [0.29, 0.717) is 16.4 Å². The minimum atomic E-state index is -0.0998. The van der Waals surface area contributed by atoms with Gasteiger partial charge in [-0.25, -0.2) is 0 Å². The summed E-state index contributed by atoms with van der Waals surface area (Å²) < 4.78 is 0. The molecule has 0 radical (unpaired) electrons. The van der Waals surface area contributed by atoms with E-state index in [-0.39, 0.29) is 11.8 Å². The number of hydrogen-bond donors (Lipinski definition) is 1. The van der Waals surface area contributed by atoms with E-state index in [2.05, 4.69) is 29.6 Å². The van der Waals surface area contributed by atoms with Crippen LogP contribution in [0, 0.1) is 5.92 Å². The number of para-hydroxylation sites is 1. The number of amides is 2. The average molecular weight is 455 g/mol. The Morgan fingerprint density at radius 3 is 2.39 bits per heavy atom. The zero-order valence-electron chi connectivity index (χ0n) is 18.4. The van der Waals surface area contributed by atoms with E-state index in [1.165, 1.54) is 17.3 Å². The van der Waals surface area contributed by atoms with Gasteiger partial charge >= 0.3 is 0 Å². The lowest BCUT2D eigenvalue weighted by Gasteiger charge is -2.32. The highest BCUT2D eigenvalue weighted by atomic mass is 32.2. The Morgan fingerprint density at radius 2 is 1.64 bits per heavy atom. The second-order valence-corrected chi connectivity index (χ2v) is 9.69. The summed E-state index contributed by atoms with van der Waals surface area (Å²) in [5, 5.41) is 2.93. The van der Waals surface area contributed by atoms with Gasteiger partial charge in [0.1, 0.15) is 0 Å². The van der Waals surface area contributed by atoms with Crippen molar-refractivity contribution in [3.63, 3.8) is 0 Å². The summed E-state index contributed by atoms with van der Waals surface area (Å²) in [6.45, 7) is 1.61. The van der Waals surface area contributed by atoms with Crippen LogP contribution < -0.4 is 5.32 Å². The third kappa shape index (κ3) is 5.04. The number of hydrogen-bond acceptors (Lipinski definition) is 3. The SMILES string of the molecule is O=C1Nc2ccccc2S/C1=C/c1ccc(C(=O)N2CCC(Cc3ccccc3)CC2)cc1. The number of thioether (sulfide) groups is 1. The number of rotatable bonds is 4. The molecule has 3 aromatic rings. The molecule has 0 spiro atoms. The number of carbonyl (C=O) groups excluding carboxylic acids is 2. The summed E-state index contributed by atoms with van der Waals surface area (Å²) in [5.74, 6) is 0.623. The molecule has 0 bridgehead atoms. The number of fused-ring (bicyclic) bond motifs is 1. The first-order valence-corrected chi connectivity index (χ1v) is 12.2. The molecule has 2 aliphatic rings. The van der Waals surface area contributed by atoms with Crippen molar-refractivity contribution in [2.75, 3.05) is 18.4 Å². The van der Waals surface area contributed by atoms with Crippen molar-refractivity contribution in [1.82, 2.24) is 4.90 Å². The molecule has 0 atom stereocenters.